The molecule has 0 unspecified atom stereocenters. The van der Waals surface area contributed by atoms with Crippen molar-refractivity contribution >= 4 is 5.95 Å². The second-order valence-electron chi connectivity index (χ2n) is 2.79. The second-order valence-corrected chi connectivity index (χ2v) is 2.79. The van der Waals surface area contributed by atoms with E-state index >= 15 is 0 Å². The Morgan fingerprint density at radius 3 is 2.33 bits per heavy atom. The zero-order chi connectivity index (χ0) is 11.0. The highest BCUT2D eigenvalue weighted by Gasteiger charge is 2.14. The lowest BCUT2D eigenvalue weighted by molar-refractivity contribution is 0.496. The first-order valence-corrected chi connectivity index (χ1v) is 3.90. The maximum absolute atomic E-state index is 13.2. The van der Waals surface area contributed by atoms with Gasteiger partial charge in [-0.2, -0.15) is 4.98 Å². The molecular formula is C8H5F3N4. The molecule has 0 aliphatic carbocycles. The summed E-state index contributed by atoms with van der Waals surface area (Å²) in [5, 5.41) is 5.74. The fourth-order valence-electron chi connectivity index (χ4n) is 1.10. The summed E-state index contributed by atoms with van der Waals surface area (Å²) in [7, 11) is 0. The van der Waals surface area contributed by atoms with Crippen LogP contribution in [0.3, 0.4) is 0 Å². The van der Waals surface area contributed by atoms with E-state index in [0.29, 0.717) is 12.1 Å². The van der Waals surface area contributed by atoms with Gasteiger partial charge in [0.2, 0.25) is 5.95 Å². The molecule has 4 nitrogen and oxygen atoms in total. The maximum Gasteiger partial charge on any atom is 0.239 e. The molecule has 0 saturated carbocycles. The largest absolute Gasteiger partial charge is 0.366 e. The molecule has 0 atom stereocenters. The molecule has 1 aromatic carbocycles. The van der Waals surface area contributed by atoms with E-state index in [1.165, 1.54) is 0 Å². The highest BCUT2D eigenvalue weighted by atomic mass is 19.2. The summed E-state index contributed by atoms with van der Waals surface area (Å²) in [5.74, 6) is -3.52. The first kappa shape index (κ1) is 9.50. The molecule has 2 aromatic rings. The van der Waals surface area contributed by atoms with Crippen LogP contribution < -0.4 is 5.73 Å². The smallest absolute Gasteiger partial charge is 0.239 e. The Bertz CT molecular complexity index is 509. The van der Waals surface area contributed by atoms with Crippen LogP contribution in [-0.2, 0) is 0 Å². The van der Waals surface area contributed by atoms with Gasteiger partial charge in [-0.3, -0.25) is 5.10 Å². The summed E-state index contributed by atoms with van der Waals surface area (Å²) in [6.07, 6.45) is 0. The lowest BCUT2D eigenvalue weighted by Gasteiger charge is -1.99. The van der Waals surface area contributed by atoms with Gasteiger partial charge in [-0.25, -0.2) is 13.2 Å². The van der Waals surface area contributed by atoms with Crippen molar-refractivity contribution in [3.8, 4) is 11.4 Å². The van der Waals surface area contributed by atoms with Gasteiger partial charge in [0, 0.05) is 6.07 Å². The number of hydrogen-bond acceptors (Lipinski definition) is 3. The van der Waals surface area contributed by atoms with Gasteiger partial charge in [0.05, 0.1) is 5.56 Å². The van der Waals surface area contributed by atoms with E-state index in [-0.39, 0.29) is 17.3 Å². The molecular weight excluding hydrogens is 209 g/mol. The van der Waals surface area contributed by atoms with E-state index in [9.17, 15) is 13.2 Å². The summed E-state index contributed by atoms with van der Waals surface area (Å²) in [4.78, 5) is 3.59. The maximum atomic E-state index is 13.2. The minimum absolute atomic E-state index is 0.0519. The van der Waals surface area contributed by atoms with Crippen molar-refractivity contribution in [3.63, 3.8) is 0 Å². The number of anilines is 1. The molecule has 0 aliphatic rings. The predicted molar refractivity (Wildman–Crippen MR) is 46.1 cm³/mol. The lowest BCUT2D eigenvalue weighted by atomic mass is 10.2. The topological polar surface area (TPSA) is 67.6 Å². The predicted octanol–water partition coefficient (Wildman–Crippen LogP) is 1.47. The van der Waals surface area contributed by atoms with Crippen LogP contribution in [0.5, 0.6) is 0 Å². The van der Waals surface area contributed by atoms with Crippen molar-refractivity contribution in [2.75, 3.05) is 5.73 Å². The third kappa shape index (κ3) is 1.63. The Balaban J connectivity index is 2.58. The van der Waals surface area contributed by atoms with Gasteiger partial charge in [0.25, 0.3) is 0 Å². The number of aromatic amines is 1. The Hall–Kier alpha value is -2.05. The van der Waals surface area contributed by atoms with Crippen LogP contribution in [-0.4, -0.2) is 15.2 Å². The van der Waals surface area contributed by atoms with Crippen LogP contribution >= 0.6 is 0 Å². The number of aromatic nitrogens is 3. The first-order chi connectivity index (χ1) is 7.08. The summed E-state index contributed by atoms with van der Waals surface area (Å²) in [6, 6.07) is 1.12. The molecule has 15 heavy (non-hydrogen) atoms. The van der Waals surface area contributed by atoms with Crippen molar-refractivity contribution < 1.29 is 13.2 Å². The molecule has 3 N–H and O–H groups in total. The number of nitrogens with one attached hydrogen (secondary N) is 1. The fourth-order valence-corrected chi connectivity index (χ4v) is 1.10. The number of nitrogens with two attached hydrogens (primary N) is 1. The number of rotatable bonds is 1. The number of hydrogen-bond donors (Lipinski definition) is 2. The van der Waals surface area contributed by atoms with Gasteiger partial charge >= 0.3 is 0 Å². The molecule has 0 spiro atoms. The van der Waals surface area contributed by atoms with E-state index in [1.807, 2.05) is 0 Å². The zero-order valence-electron chi connectivity index (χ0n) is 7.26. The van der Waals surface area contributed by atoms with Gasteiger partial charge < -0.3 is 5.73 Å². The number of nitrogens with zero attached hydrogens (tertiary/aromatic N) is 2. The summed E-state index contributed by atoms with van der Waals surface area (Å²) >= 11 is 0. The third-order valence-electron chi connectivity index (χ3n) is 1.77. The van der Waals surface area contributed by atoms with Gasteiger partial charge in [-0.05, 0) is 6.07 Å². The first-order valence-electron chi connectivity index (χ1n) is 3.90. The molecule has 0 aliphatic heterocycles. The van der Waals surface area contributed by atoms with Gasteiger partial charge in [0.1, 0.15) is 5.82 Å². The van der Waals surface area contributed by atoms with Crippen molar-refractivity contribution in [2.45, 2.75) is 0 Å². The number of benzene rings is 1. The third-order valence-corrected chi connectivity index (χ3v) is 1.77. The minimum atomic E-state index is -1.26. The van der Waals surface area contributed by atoms with Crippen LogP contribution in [0.4, 0.5) is 19.1 Å². The van der Waals surface area contributed by atoms with E-state index in [4.69, 9.17) is 5.73 Å². The molecule has 7 heteroatoms. The van der Waals surface area contributed by atoms with Crippen LogP contribution in [0.15, 0.2) is 12.1 Å². The molecule has 0 amide bonds. The average molecular weight is 214 g/mol. The fraction of sp³-hybridized carbons (Fsp3) is 0. The van der Waals surface area contributed by atoms with Gasteiger partial charge in [-0.1, -0.05) is 0 Å². The average Bonchev–Trinajstić information content (AvgIpc) is 2.58. The Kier molecular flexibility index (Phi) is 2.07. The van der Waals surface area contributed by atoms with Crippen LogP contribution in [0.1, 0.15) is 0 Å². The summed E-state index contributed by atoms with van der Waals surface area (Å²) in [6.45, 7) is 0. The molecule has 2 rings (SSSR count). The van der Waals surface area contributed by atoms with Crippen LogP contribution in [0.25, 0.3) is 11.4 Å². The van der Waals surface area contributed by atoms with Crippen LogP contribution in [0.2, 0.25) is 0 Å². The van der Waals surface area contributed by atoms with Crippen LogP contribution in [0, 0.1) is 17.5 Å². The van der Waals surface area contributed by atoms with Crippen molar-refractivity contribution in [3.05, 3.63) is 29.6 Å². The number of halogens is 3. The monoisotopic (exact) mass is 214 g/mol. The molecule has 0 radical (unpaired) electrons. The minimum Gasteiger partial charge on any atom is -0.366 e. The Morgan fingerprint density at radius 2 is 1.73 bits per heavy atom. The Morgan fingerprint density at radius 1 is 1.07 bits per heavy atom. The quantitative estimate of drug-likeness (QED) is 0.706. The zero-order valence-corrected chi connectivity index (χ0v) is 7.26. The number of nitrogen functional groups attached to an aromatic ring is 1. The summed E-state index contributed by atoms with van der Waals surface area (Å²) < 4.78 is 38.6. The summed E-state index contributed by atoms with van der Waals surface area (Å²) in [5.41, 5.74) is 4.97. The van der Waals surface area contributed by atoms with E-state index in [0.717, 1.165) is 0 Å². The van der Waals surface area contributed by atoms with Crippen molar-refractivity contribution in [2.24, 2.45) is 0 Å². The Labute approximate surface area is 81.9 Å². The molecule has 1 aromatic heterocycles. The highest BCUT2D eigenvalue weighted by Crippen LogP contribution is 2.22. The molecule has 1 heterocycles. The normalized spacial score (nSPS) is 10.6. The second kappa shape index (κ2) is 3.26. The lowest BCUT2D eigenvalue weighted by Crippen LogP contribution is -1.93. The van der Waals surface area contributed by atoms with Gasteiger partial charge in [-0.15, -0.1) is 5.10 Å². The van der Waals surface area contributed by atoms with E-state index in [2.05, 4.69) is 15.2 Å². The SMILES string of the molecule is Nc1n[nH]c(-c2cc(F)c(F)cc2F)n1. The number of H-pyrrole nitrogens is 1. The van der Waals surface area contributed by atoms with E-state index < -0.39 is 17.5 Å². The van der Waals surface area contributed by atoms with Gasteiger partial charge in [0.15, 0.2) is 17.5 Å². The molecule has 78 valence electrons. The van der Waals surface area contributed by atoms with Crippen molar-refractivity contribution in [1.82, 2.24) is 15.2 Å². The molecule has 0 saturated heterocycles. The van der Waals surface area contributed by atoms with Crippen molar-refractivity contribution in [1.29, 1.82) is 0 Å². The highest BCUT2D eigenvalue weighted by molar-refractivity contribution is 5.56. The molecule has 0 bridgehead atoms. The van der Waals surface area contributed by atoms with E-state index in [1.54, 1.807) is 0 Å². The molecule has 0 fully saturated rings. The standard InChI is InChI=1S/C8H5F3N4/c9-4-2-6(11)5(10)1-3(4)7-13-8(12)15-14-7/h1-2H,(H3,12,13,14,15).